The Balaban J connectivity index is 1.39. The lowest BCUT2D eigenvalue weighted by molar-refractivity contribution is 0.308. The smallest absolute Gasteiger partial charge is 0.119 e. The van der Waals surface area contributed by atoms with Gasteiger partial charge in [-0.3, -0.25) is 0 Å². The first kappa shape index (κ1) is 44.4. The summed E-state index contributed by atoms with van der Waals surface area (Å²) < 4.78 is 12.2. The van der Waals surface area contributed by atoms with Crippen LogP contribution in [0.15, 0.2) is 84.9 Å². The van der Waals surface area contributed by atoms with E-state index in [-0.39, 0.29) is 10.5 Å². The van der Waals surface area contributed by atoms with Gasteiger partial charge in [0.1, 0.15) is 11.5 Å². The van der Waals surface area contributed by atoms with Crippen LogP contribution in [-0.2, 0) is 0 Å². The molecular formula is C54H68N2O2S. The number of nitrogens with zero attached hydrogens (tertiary/aromatic N) is 2. The van der Waals surface area contributed by atoms with Gasteiger partial charge in [0.05, 0.1) is 47.0 Å². The Morgan fingerprint density at radius 1 is 0.525 bits per heavy atom. The van der Waals surface area contributed by atoms with Crippen molar-refractivity contribution in [3.05, 3.63) is 129 Å². The minimum absolute atomic E-state index is 0.172. The van der Waals surface area contributed by atoms with Crippen LogP contribution >= 0.6 is 11.8 Å². The van der Waals surface area contributed by atoms with Crippen LogP contribution in [0.3, 0.4) is 0 Å². The topological polar surface area (TPSA) is 66.0 Å². The van der Waals surface area contributed by atoms with Gasteiger partial charge in [-0.1, -0.05) is 115 Å². The lowest BCUT2D eigenvalue weighted by Crippen LogP contribution is -2.14. The van der Waals surface area contributed by atoms with E-state index < -0.39 is 0 Å². The quantitative estimate of drug-likeness (QED) is 0.0832. The Labute approximate surface area is 361 Å². The van der Waals surface area contributed by atoms with Crippen LogP contribution in [0.4, 0.5) is 0 Å². The number of rotatable bonds is 20. The predicted molar refractivity (Wildman–Crippen MR) is 246 cm³/mol. The van der Waals surface area contributed by atoms with Crippen molar-refractivity contribution in [2.75, 3.05) is 13.2 Å². The fourth-order valence-electron chi connectivity index (χ4n) is 9.64. The molecule has 0 aromatic heterocycles. The van der Waals surface area contributed by atoms with E-state index in [0.717, 1.165) is 82.4 Å². The molecule has 0 radical (unpaired) electrons. The maximum atomic E-state index is 10.8. The van der Waals surface area contributed by atoms with Crippen molar-refractivity contribution in [3.8, 4) is 23.6 Å². The van der Waals surface area contributed by atoms with Gasteiger partial charge in [0.2, 0.25) is 0 Å². The van der Waals surface area contributed by atoms with Gasteiger partial charge in [-0.15, -0.1) is 11.8 Å². The van der Waals surface area contributed by atoms with E-state index in [4.69, 9.17) is 9.47 Å². The number of nitriles is 2. The Kier molecular flexibility index (Phi) is 17.3. The van der Waals surface area contributed by atoms with Gasteiger partial charge in [0.15, 0.2) is 0 Å². The summed E-state index contributed by atoms with van der Waals surface area (Å²) in [5, 5.41) is 21.4. The summed E-state index contributed by atoms with van der Waals surface area (Å²) in [6.45, 7) is 10.3. The van der Waals surface area contributed by atoms with Crippen molar-refractivity contribution in [2.45, 2.75) is 153 Å². The summed E-state index contributed by atoms with van der Waals surface area (Å²) in [5.74, 6) is 4.40. The highest BCUT2D eigenvalue weighted by Crippen LogP contribution is 2.51. The summed E-state index contributed by atoms with van der Waals surface area (Å²) in [6.07, 6.45) is 19.2. The zero-order valence-corrected chi connectivity index (χ0v) is 37.2. The molecule has 59 heavy (non-hydrogen) atoms. The number of unbranched alkanes of at least 4 members (excludes halogenated alkanes) is 2. The molecule has 4 nitrogen and oxygen atoms in total. The fourth-order valence-corrected chi connectivity index (χ4v) is 11.2. The molecule has 4 aromatic carbocycles. The maximum Gasteiger partial charge on any atom is 0.119 e. The van der Waals surface area contributed by atoms with Gasteiger partial charge in [0.25, 0.3) is 0 Å². The molecular weight excluding hydrogens is 741 g/mol. The maximum absolute atomic E-state index is 10.8. The summed E-state index contributed by atoms with van der Waals surface area (Å²) in [5.41, 5.74) is 8.35. The molecule has 0 amide bonds. The number of hydrogen-bond donors (Lipinski definition) is 0. The van der Waals surface area contributed by atoms with Crippen molar-refractivity contribution in [2.24, 2.45) is 11.8 Å². The van der Waals surface area contributed by atoms with Crippen molar-refractivity contribution in [3.63, 3.8) is 0 Å². The molecule has 2 unspecified atom stereocenters. The Morgan fingerprint density at radius 3 is 1.25 bits per heavy atom. The van der Waals surface area contributed by atoms with E-state index >= 15 is 0 Å². The molecule has 2 aliphatic carbocycles. The first-order valence-corrected chi connectivity index (χ1v) is 24.1. The van der Waals surface area contributed by atoms with Crippen LogP contribution in [0.25, 0.3) is 0 Å². The van der Waals surface area contributed by atoms with Gasteiger partial charge in [-0.25, -0.2) is 0 Å². The molecule has 6 rings (SSSR count). The number of hydrogen-bond acceptors (Lipinski definition) is 5. The highest BCUT2D eigenvalue weighted by molar-refractivity contribution is 8.00. The zero-order chi connectivity index (χ0) is 41.4. The Morgan fingerprint density at radius 2 is 0.915 bits per heavy atom. The van der Waals surface area contributed by atoms with Gasteiger partial charge in [-0.05, 0) is 158 Å². The van der Waals surface area contributed by atoms with Gasteiger partial charge >= 0.3 is 0 Å². The van der Waals surface area contributed by atoms with E-state index in [2.05, 4.69) is 125 Å². The molecule has 2 fully saturated rings. The molecule has 2 aliphatic rings. The van der Waals surface area contributed by atoms with E-state index in [9.17, 15) is 10.5 Å². The van der Waals surface area contributed by atoms with Crippen LogP contribution in [-0.4, -0.2) is 13.2 Å². The van der Waals surface area contributed by atoms with Crippen LogP contribution in [0.1, 0.15) is 197 Å². The second-order valence-corrected chi connectivity index (χ2v) is 18.6. The summed E-state index contributed by atoms with van der Waals surface area (Å²) >= 11 is 1.83. The fraction of sp³-hybridized carbons (Fsp3) is 0.519. The molecule has 2 saturated carbocycles. The third kappa shape index (κ3) is 12.0. The molecule has 0 spiro atoms. The van der Waals surface area contributed by atoms with Crippen LogP contribution in [0.5, 0.6) is 11.5 Å². The molecule has 4 aromatic rings. The number of thioether (sulfide) groups is 1. The van der Waals surface area contributed by atoms with E-state index in [0.29, 0.717) is 25.0 Å². The predicted octanol–water partition coefficient (Wildman–Crippen LogP) is 15.5. The van der Waals surface area contributed by atoms with E-state index in [1.807, 2.05) is 11.8 Å². The number of ether oxygens (including phenoxy) is 2. The lowest BCUT2D eigenvalue weighted by atomic mass is 9.77. The van der Waals surface area contributed by atoms with Crippen molar-refractivity contribution in [1.82, 2.24) is 0 Å². The first-order chi connectivity index (χ1) is 29.0. The largest absolute Gasteiger partial charge is 0.494 e. The second-order valence-electron chi connectivity index (χ2n) is 17.4. The highest BCUT2D eigenvalue weighted by Gasteiger charge is 2.30. The standard InChI is InChI=1S/C54H68N2O2S/c1-5-9-33-57-49-27-21-43(22-28-49)53(51-31-25-45(35-47(51)37-55)41-17-13-39(11-7-3)14-18-41)59-54(44-23-29-50(30-24-44)58-34-10-6-2)52-32-26-46(36-48(52)38-56)42-19-15-40(12-8-4)16-20-42/h21-32,35-36,39-42,53-54H,5-20,33-34H2,1-4H3/t39-,40-,41-,42-,53?,54?. The van der Waals surface area contributed by atoms with Crippen molar-refractivity contribution < 1.29 is 9.47 Å². The molecule has 0 N–H and O–H groups in total. The van der Waals surface area contributed by atoms with E-state index in [1.54, 1.807) is 0 Å². The molecule has 312 valence electrons. The average Bonchev–Trinajstić information content (AvgIpc) is 3.28. The Hall–Kier alpha value is -4.19. The monoisotopic (exact) mass is 809 g/mol. The van der Waals surface area contributed by atoms with E-state index in [1.165, 1.54) is 88.2 Å². The van der Waals surface area contributed by atoms with Crippen molar-refractivity contribution in [1.29, 1.82) is 10.5 Å². The van der Waals surface area contributed by atoms with Gasteiger partial charge in [0, 0.05) is 0 Å². The van der Waals surface area contributed by atoms with Crippen LogP contribution < -0.4 is 9.47 Å². The first-order valence-electron chi connectivity index (χ1n) is 23.2. The summed E-state index contributed by atoms with van der Waals surface area (Å²) in [4.78, 5) is 0. The summed E-state index contributed by atoms with van der Waals surface area (Å²) in [7, 11) is 0. The third-order valence-corrected chi connectivity index (χ3v) is 14.8. The SMILES string of the molecule is CCCCOc1ccc(C(SC(c2ccc(OCCCC)cc2)c2ccc([C@H]3CC[C@H](CCC)CC3)cc2C#N)c2ccc([C@H]3CC[C@H](CCC)CC3)cc2C#N)cc1. The molecule has 0 saturated heterocycles. The van der Waals surface area contributed by atoms with Gasteiger partial charge < -0.3 is 9.47 Å². The zero-order valence-electron chi connectivity index (χ0n) is 36.4. The van der Waals surface area contributed by atoms with Crippen LogP contribution in [0, 0.1) is 34.5 Å². The lowest BCUT2D eigenvalue weighted by Gasteiger charge is -2.30. The molecule has 5 heteroatoms. The second kappa shape index (κ2) is 23.0. The third-order valence-electron chi connectivity index (χ3n) is 13.2. The number of benzene rings is 4. The molecule has 2 atom stereocenters. The van der Waals surface area contributed by atoms with Crippen molar-refractivity contribution >= 4 is 11.8 Å². The average molecular weight is 809 g/mol. The molecule has 0 heterocycles. The summed E-state index contributed by atoms with van der Waals surface area (Å²) in [6, 6.07) is 35.8. The molecule has 0 aliphatic heterocycles. The normalized spacial score (nSPS) is 20.2. The molecule has 0 bridgehead atoms. The van der Waals surface area contributed by atoms with Gasteiger partial charge in [-0.2, -0.15) is 10.5 Å². The highest BCUT2D eigenvalue weighted by atomic mass is 32.2. The van der Waals surface area contributed by atoms with Crippen LogP contribution in [0.2, 0.25) is 0 Å². The minimum Gasteiger partial charge on any atom is -0.494 e. The Bertz CT molecular complexity index is 1820. The minimum atomic E-state index is -0.172.